The molecule has 148 valence electrons. The zero-order chi connectivity index (χ0) is 18.6. The summed E-state index contributed by atoms with van der Waals surface area (Å²) in [6, 6.07) is 4.34. The molecule has 26 heavy (non-hydrogen) atoms. The zero-order valence-electron chi connectivity index (χ0n) is 16.9. The molecule has 1 aromatic heterocycles. The Morgan fingerprint density at radius 2 is 1.96 bits per heavy atom. The van der Waals surface area contributed by atoms with Crippen LogP contribution >= 0.6 is 11.3 Å². The highest BCUT2D eigenvalue weighted by molar-refractivity contribution is 7.09. The monoisotopic (exact) mass is 379 g/mol. The Bertz CT molecular complexity index is 494. The average Bonchev–Trinajstić information content (AvgIpc) is 3.19. The third-order valence-electron chi connectivity index (χ3n) is 5.03. The summed E-state index contributed by atoms with van der Waals surface area (Å²) in [6.45, 7) is 14.6. The molecule has 6 heteroatoms. The summed E-state index contributed by atoms with van der Waals surface area (Å²) in [5.74, 6) is 1.04. The number of thiophene rings is 1. The number of nitrogens with zero attached hydrogens (tertiary/aromatic N) is 4. The number of piperazine rings is 1. The average molecular weight is 380 g/mol. The number of hydrogen-bond acceptors (Lipinski definition) is 4. The molecule has 1 fully saturated rings. The van der Waals surface area contributed by atoms with E-state index in [1.807, 2.05) is 11.3 Å². The van der Waals surface area contributed by atoms with Crippen LogP contribution in [0.15, 0.2) is 22.5 Å². The van der Waals surface area contributed by atoms with Gasteiger partial charge in [0.15, 0.2) is 5.96 Å². The van der Waals surface area contributed by atoms with Gasteiger partial charge in [-0.15, -0.1) is 11.3 Å². The minimum Gasteiger partial charge on any atom is -0.357 e. The summed E-state index contributed by atoms with van der Waals surface area (Å²) in [5, 5.41) is 5.58. The molecular formula is C20H37N5S. The predicted octanol–water partition coefficient (Wildman–Crippen LogP) is 2.61. The lowest BCUT2D eigenvalue weighted by atomic mass is 10.2. The lowest BCUT2D eigenvalue weighted by Crippen LogP contribution is -2.46. The number of guanidine groups is 1. The molecule has 1 aliphatic heterocycles. The Balaban J connectivity index is 1.64. The Morgan fingerprint density at radius 1 is 1.19 bits per heavy atom. The molecule has 0 unspecified atom stereocenters. The molecule has 1 saturated heterocycles. The lowest BCUT2D eigenvalue weighted by Gasteiger charge is -2.33. The van der Waals surface area contributed by atoms with E-state index in [-0.39, 0.29) is 0 Å². The van der Waals surface area contributed by atoms with E-state index in [1.165, 1.54) is 57.0 Å². The highest BCUT2D eigenvalue weighted by atomic mass is 32.1. The normalized spacial score (nSPS) is 16.8. The fourth-order valence-electron chi connectivity index (χ4n) is 3.27. The van der Waals surface area contributed by atoms with Crippen molar-refractivity contribution in [2.24, 2.45) is 4.99 Å². The molecule has 1 N–H and O–H groups in total. The topological polar surface area (TPSA) is 34.1 Å². The van der Waals surface area contributed by atoms with Gasteiger partial charge in [0.2, 0.25) is 0 Å². The molecule has 0 bridgehead atoms. The molecular weight excluding hydrogens is 342 g/mol. The molecule has 0 amide bonds. The summed E-state index contributed by atoms with van der Waals surface area (Å²) in [6.07, 6.45) is 3.50. The van der Waals surface area contributed by atoms with Crippen molar-refractivity contribution in [2.75, 3.05) is 66.0 Å². The lowest BCUT2D eigenvalue weighted by molar-refractivity contribution is 0.136. The first-order valence-electron chi connectivity index (χ1n) is 10.2. The van der Waals surface area contributed by atoms with Gasteiger partial charge >= 0.3 is 0 Å². The molecule has 0 aliphatic carbocycles. The number of nitrogens with one attached hydrogen (secondary N) is 1. The molecule has 2 rings (SSSR count). The van der Waals surface area contributed by atoms with Gasteiger partial charge in [-0.3, -0.25) is 4.99 Å². The van der Waals surface area contributed by atoms with Crippen LogP contribution in [0.5, 0.6) is 0 Å². The van der Waals surface area contributed by atoms with E-state index in [1.54, 1.807) is 0 Å². The van der Waals surface area contributed by atoms with Gasteiger partial charge < -0.3 is 20.0 Å². The van der Waals surface area contributed by atoms with E-state index < -0.39 is 0 Å². The van der Waals surface area contributed by atoms with Crippen LogP contribution in [0.25, 0.3) is 0 Å². The smallest absolute Gasteiger partial charge is 0.193 e. The van der Waals surface area contributed by atoms with Gasteiger partial charge in [0.05, 0.1) is 0 Å². The second-order valence-corrected chi connectivity index (χ2v) is 8.00. The van der Waals surface area contributed by atoms with Crippen LogP contribution in [0.4, 0.5) is 0 Å². The third kappa shape index (κ3) is 7.64. The van der Waals surface area contributed by atoms with Crippen molar-refractivity contribution < 1.29 is 0 Å². The number of unbranched alkanes of at least 4 members (excludes halogenated alkanes) is 1. The van der Waals surface area contributed by atoms with Crippen LogP contribution < -0.4 is 5.32 Å². The van der Waals surface area contributed by atoms with Crippen LogP contribution in [0.3, 0.4) is 0 Å². The van der Waals surface area contributed by atoms with Crippen LogP contribution in [-0.4, -0.2) is 86.6 Å². The van der Waals surface area contributed by atoms with Gasteiger partial charge in [0.1, 0.15) is 0 Å². The van der Waals surface area contributed by atoms with E-state index in [4.69, 9.17) is 4.99 Å². The minimum atomic E-state index is 0.917. The number of rotatable bonds is 10. The SMILES string of the molecule is CCNC(=NCCCCN1CCN(CC)CC1)N(C)CCc1cccs1. The standard InChI is InChI=1S/C20H37N5S/c1-4-21-20(23(3)13-10-19-9-8-18-26-19)22-11-6-7-12-25-16-14-24(5-2)15-17-25/h8-9,18H,4-7,10-17H2,1-3H3,(H,21,22). The minimum absolute atomic E-state index is 0.917. The highest BCUT2D eigenvalue weighted by Gasteiger charge is 2.14. The molecule has 1 aromatic rings. The van der Waals surface area contributed by atoms with Crippen LogP contribution in [0.1, 0.15) is 31.6 Å². The van der Waals surface area contributed by atoms with Crippen LogP contribution in [-0.2, 0) is 6.42 Å². The molecule has 0 atom stereocenters. The Hall–Kier alpha value is -1.11. The molecule has 0 spiro atoms. The Kier molecular flexibility index (Phi) is 10.0. The van der Waals surface area contributed by atoms with Crippen molar-refractivity contribution in [3.63, 3.8) is 0 Å². The first kappa shape index (κ1) is 21.2. The van der Waals surface area contributed by atoms with Gasteiger partial charge in [-0.2, -0.15) is 0 Å². The van der Waals surface area contributed by atoms with E-state index in [0.29, 0.717) is 0 Å². The van der Waals surface area contributed by atoms with Crippen LogP contribution in [0.2, 0.25) is 0 Å². The number of aliphatic imine (C=N–C) groups is 1. The Labute approximate surface area is 164 Å². The Morgan fingerprint density at radius 3 is 2.62 bits per heavy atom. The zero-order valence-corrected chi connectivity index (χ0v) is 17.7. The van der Waals surface area contributed by atoms with E-state index in [0.717, 1.165) is 32.0 Å². The predicted molar refractivity (Wildman–Crippen MR) is 114 cm³/mol. The van der Waals surface area contributed by atoms with Crippen molar-refractivity contribution in [3.05, 3.63) is 22.4 Å². The summed E-state index contributed by atoms with van der Waals surface area (Å²) in [4.78, 5) is 13.7. The fraction of sp³-hybridized carbons (Fsp3) is 0.750. The highest BCUT2D eigenvalue weighted by Crippen LogP contribution is 2.09. The van der Waals surface area contributed by atoms with Gasteiger partial charge in [0.25, 0.3) is 0 Å². The van der Waals surface area contributed by atoms with E-state index >= 15 is 0 Å². The third-order valence-corrected chi connectivity index (χ3v) is 5.96. The maximum Gasteiger partial charge on any atom is 0.193 e. The molecule has 0 radical (unpaired) electrons. The maximum atomic E-state index is 4.83. The van der Waals surface area contributed by atoms with Crippen molar-refractivity contribution >= 4 is 17.3 Å². The van der Waals surface area contributed by atoms with Gasteiger partial charge in [-0.25, -0.2) is 0 Å². The van der Waals surface area contributed by atoms with Gasteiger partial charge in [-0.1, -0.05) is 13.0 Å². The number of likely N-dealkylation sites (N-methyl/N-ethyl adjacent to an activating group) is 2. The van der Waals surface area contributed by atoms with Gasteiger partial charge in [-0.05, 0) is 50.7 Å². The van der Waals surface area contributed by atoms with Crippen LogP contribution in [0, 0.1) is 0 Å². The summed E-state index contributed by atoms with van der Waals surface area (Å²) in [7, 11) is 2.14. The second-order valence-electron chi connectivity index (χ2n) is 6.97. The summed E-state index contributed by atoms with van der Waals surface area (Å²) >= 11 is 1.83. The molecule has 5 nitrogen and oxygen atoms in total. The second kappa shape index (κ2) is 12.3. The molecule has 2 heterocycles. The summed E-state index contributed by atoms with van der Waals surface area (Å²) in [5.41, 5.74) is 0. The van der Waals surface area contributed by atoms with Crippen molar-refractivity contribution in [1.82, 2.24) is 20.0 Å². The molecule has 0 aromatic carbocycles. The van der Waals surface area contributed by atoms with E-state index in [9.17, 15) is 0 Å². The molecule has 1 aliphatic rings. The van der Waals surface area contributed by atoms with Gasteiger partial charge in [0, 0.05) is 57.7 Å². The summed E-state index contributed by atoms with van der Waals surface area (Å²) < 4.78 is 0. The molecule has 0 saturated carbocycles. The first-order chi connectivity index (χ1) is 12.7. The van der Waals surface area contributed by atoms with Crippen molar-refractivity contribution in [1.29, 1.82) is 0 Å². The number of hydrogen-bond donors (Lipinski definition) is 1. The van der Waals surface area contributed by atoms with Crippen molar-refractivity contribution in [2.45, 2.75) is 33.1 Å². The largest absolute Gasteiger partial charge is 0.357 e. The first-order valence-corrected chi connectivity index (χ1v) is 11.1. The van der Waals surface area contributed by atoms with E-state index in [2.05, 4.69) is 58.4 Å². The van der Waals surface area contributed by atoms with Crippen molar-refractivity contribution in [3.8, 4) is 0 Å². The fourth-order valence-corrected chi connectivity index (χ4v) is 3.97. The maximum absolute atomic E-state index is 4.83. The quantitative estimate of drug-likeness (QED) is 0.385.